The highest BCUT2D eigenvalue weighted by molar-refractivity contribution is 5.49. The summed E-state index contributed by atoms with van der Waals surface area (Å²) in [6, 6.07) is 11.4. The summed E-state index contributed by atoms with van der Waals surface area (Å²) in [7, 11) is 0. The van der Waals surface area contributed by atoms with Crippen molar-refractivity contribution in [2.45, 2.75) is 13.3 Å². The Morgan fingerprint density at radius 2 is 1.89 bits per heavy atom. The normalized spacial score (nSPS) is 10.2. The average molecular weight is 258 g/mol. The molecular formula is C14H14N2O3. The molecule has 0 spiro atoms. The first-order valence-electron chi connectivity index (χ1n) is 5.91. The topological polar surface area (TPSA) is 78.4 Å². The van der Waals surface area contributed by atoms with Crippen LogP contribution >= 0.6 is 0 Å². The highest BCUT2D eigenvalue weighted by Gasteiger charge is 2.07. The third-order valence-corrected chi connectivity index (χ3v) is 2.74. The lowest BCUT2D eigenvalue weighted by Gasteiger charge is -2.10. The molecule has 0 aromatic heterocycles. The van der Waals surface area contributed by atoms with Crippen molar-refractivity contribution in [3.05, 3.63) is 58.1 Å². The van der Waals surface area contributed by atoms with E-state index in [1.807, 2.05) is 13.0 Å². The number of hydrogen-bond acceptors (Lipinski definition) is 4. The van der Waals surface area contributed by atoms with E-state index in [0.29, 0.717) is 17.2 Å². The maximum Gasteiger partial charge on any atom is 0.269 e. The summed E-state index contributed by atoms with van der Waals surface area (Å²) < 4.78 is 5.71. The Hall–Kier alpha value is -2.56. The summed E-state index contributed by atoms with van der Waals surface area (Å²) in [6.07, 6.45) is 0.799. The van der Waals surface area contributed by atoms with Crippen LogP contribution in [0.25, 0.3) is 0 Å². The van der Waals surface area contributed by atoms with E-state index in [4.69, 9.17) is 10.5 Å². The summed E-state index contributed by atoms with van der Waals surface area (Å²) in [6.45, 7) is 2.01. The second kappa shape index (κ2) is 5.39. The number of nitro groups is 1. The van der Waals surface area contributed by atoms with Crippen molar-refractivity contribution in [1.82, 2.24) is 0 Å². The summed E-state index contributed by atoms with van der Waals surface area (Å²) >= 11 is 0. The van der Waals surface area contributed by atoms with Gasteiger partial charge in [-0.1, -0.05) is 6.92 Å². The maximum absolute atomic E-state index is 10.6. The van der Waals surface area contributed by atoms with Crippen LogP contribution in [0.1, 0.15) is 12.5 Å². The highest BCUT2D eigenvalue weighted by Crippen LogP contribution is 2.28. The van der Waals surface area contributed by atoms with Crippen molar-refractivity contribution < 1.29 is 9.66 Å². The van der Waals surface area contributed by atoms with E-state index in [-0.39, 0.29) is 5.69 Å². The molecule has 2 N–H and O–H groups in total. The number of nitrogens with zero attached hydrogens (tertiary/aromatic N) is 1. The van der Waals surface area contributed by atoms with Crippen LogP contribution in [0.4, 0.5) is 11.4 Å². The molecule has 2 aromatic carbocycles. The molecule has 0 unspecified atom stereocenters. The van der Waals surface area contributed by atoms with Gasteiger partial charge in [-0.2, -0.15) is 0 Å². The largest absolute Gasteiger partial charge is 0.457 e. The third kappa shape index (κ3) is 3.01. The van der Waals surface area contributed by atoms with Crippen LogP contribution in [0.2, 0.25) is 0 Å². The zero-order valence-corrected chi connectivity index (χ0v) is 10.5. The van der Waals surface area contributed by atoms with Gasteiger partial charge >= 0.3 is 0 Å². The minimum absolute atomic E-state index is 0.0420. The summed E-state index contributed by atoms with van der Waals surface area (Å²) in [5, 5.41) is 10.6. The van der Waals surface area contributed by atoms with E-state index in [1.54, 1.807) is 24.3 Å². The molecule has 2 rings (SSSR count). The molecule has 0 aliphatic rings. The van der Waals surface area contributed by atoms with Gasteiger partial charge in [0.2, 0.25) is 0 Å². The molecule has 0 bridgehead atoms. The predicted octanol–water partition coefficient (Wildman–Crippen LogP) is 3.53. The lowest BCUT2D eigenvalue weighted by Crippen LogP contribution is -1.93. The molecule has 0 radical (unpaired) electrons. The zero-order valence-electron chi connectivity index (χ0n) is 10.5. The van der Waals surface area contributed by atoms with Crippen LogP contribution in [-0.4, -0.2) is 4.92 Å². The lowest BCUT2D eigenvalue weighted by atomic mass is 10.1. The van der Waals surface area contributed by atoms with Gasteiger partial charge in [-0.05, 0) is 42.3 Å². The molecule has 0 aliphatic heterocycles. The molecule has 5 heteroatoms. The van der Waals surface area contributed by atoms with Crippen LogP contribution in [0.3, 0.4) is 0 Å². The first-order chi connectivity index (χ1) is 9.10. The van der Waals surface area contributed by atoms with E-state index < -0.39 is 4.92 Å². The predicted molar refractivity (Wildman–Crippen MR) is 73.4 cm³/mol. The summed E-state index contributed by atoms with van der Waals surface area (Å²) in [5.74, 6) is 1.27. The van der Waals surface area contributed by atoms with Crippen molar-refractivity contribution in [1.29, 1.82) is 0 Å². The van der Waals surface area contributed by atoms with Crippen molar-refractivity contribution in [3.8, 4) is 11.5 Å². The number of hydrogen-bond donors (Lipinski definition) is 1. The smallest absolute Gasteiger partial charge is 0.269 e. The lowest BCUT2D eigenvalue weighted by molar-refractivity contribution is -0.384. The Kier molecular flexibility index (Phi) is 3.66. The quantitative estimate of drug-likeness (QED) is 0.517. The second-order valence-electron chi connectivity index (χ2n) is 4.07. The summed E-state index contributed by atoms with van der Waals surface area (Å²) in [4.78, 5) is 10.1. The number of nitrogen functional groups attached to an aromatic ring is 1. The number of non-ortho nitro benzene ring substituents is 1. The zero-order chi connectivity index (χ0) is 13.8. The first-order valence-corrected chi connectivity index (χ1v) is 5.91. The van der Waals surface area contributed by atoms with Crippen molar-refractivity contribution in [2.24, 2.45) is 0 Å². The Morgan fingerprint density at radius 1 is 1.21 bits per heavy atom. The van der Waals surface area contributed by atoms with Crippen molar-refractivity contribution in [3.63, 3.8) is 0 Å². The fraction of sp³-hybridized carbons (Fsp3) is 0.143. The molecule has 19 heavy (non-hydrogen) atoms. The fourth-order valence-electron chi connectivity index (χ4n) is 1.74. The van der Waals surface area contributed by atoms with Gasteiger partial charge in [0.1, 0.15) is 11.5 Å². The van der Waals surface area contributed by atoms with Gasteiger partial charge in [0, 0.05) is 17.8 Å². The van der Waals surface area contributed by atoms with E-state index >= 15 is 0 Å². The highest BCUT2D eigenvalue weighted by atomic mass is 16.6. The van der Waals surface area contributed by atoms with Gasteiger partial charge in [0.05, 0.1) is 4.92 Å². The van der Waals surface area contributed by atoms with E-state index in [2.05, 4.69) is 0 Å². The first kappa shape index (κ1) is 12.9. The Balaban J connectivity index is 2.23. The number of aryl methyl sites for hydroxylation is 1. The summed E-state index contributed by atoms with van der Waals surface area (Å²) in [5.41, 5.74) is 7.45. The minimum atomic E-state index is -0.440. The third-order valence-electron chi connectivity index (χ3n) is 2.74. The van der Waals surface area contributed by atoms with E-state index in [1.165, 1.54) is 12.1 Å². The Bertz CT molecular complexity index is 594. The van der Waals surface area contributed by atoms with E-state index in [9.17, 15) is 10.1 Å². The maximum atomic E-state index is 10.6. The number of nitrogens with two attached hydrogens (primary N) is 1. The molecule has 0 heterocycles. The Morgan fingerprint density at radius 3 is 2.47 bits per heavy atom. The Labute approximate surface area is 110 Å². The molecule has 98 valence electrons. The van der Waals surface area contributed by atoms with Crippen LogP contribution in [0.15, 0.2) is 42.5 Å². The second-order valence-corrected chi connectivity index (χ2v) is 4.07. The molecule has 0 amide bonds. The fourth-order valence-corrected chi connectivity index (χ4v) is 1.74. The number of anilines is 1. The van der Waals surface area contributed by atoms with Crippen LogP contribution in [0, 0.1) is 10.1 Å². The molecule has 0 aliphatic carbocycles. The van der Waals surface area contributed by atoms with Gasteiger partial charge in [0.15, 0.2) is 0 Å². The van der Waals surface area contributed by atoms with Crippen LogP contribution in [0.5, 0.6) is 11.5 Å². The van der Waals surface area contributed by atoms with Crippen molar-refractivity contribution >= 4 is 11.4 Å². The molecular weight excluding hydrogens is 244 g/mol. The standard InChI is InChI=1S/C14H14N2O3/c1-2-10-9-11(15)3-8-14(10)19-13-6-4-12(5-7-13)16(17)18/h3-9H,2,15H2,1H3. The monoisotopic (exact) mass is 258 g/mol. The SMILES string of the molecule is CCc1cc(N)ccc1Oc1ccc([N+](=O)[O-])cc1. The van der Waals surface area contributed by atoms with Crippen LogP contribution < -0.4 is 10.5 Å². The number of ether oxygens (including phenoxy) is 1. The van der Waals surface area contributed by atoms with Gasteiger partial charge in [-0.25, -0.2) is 0 Å². The average Bonchev–Trinajstić information content (AvgIpc) is 2.41. The number of rotatable bonds is 4. The number of benzene rings is 2. The van der Waals surface area contributed by atoms with Gasteiger partial charge in [-0.15, -0.1) is 0 Å². The molecule has 5 nitrogen and oxygen atoms in total. The minimum Gasteiger partial charge on any atom is -0.457 e. The molecule has 2 aromatic rings. The van der Waals surface area contributed by atoms with Crippen LogP contribution in [-0.2, 0) is 6.42 Å². The molecule has 0 fully saturated rings. The molecule has 0 saturated heterocycles. The van der Waals surface area contributed by atoms with Gasteiger partial charge in [-0.3, -0.25) is 10.1 Å². The number of nitro benzene ring substituents is 1. The van der Waals surface area contributed by atoms with Gasteiger partial charge in [0.25, 0.3) is 5.69 Å². The van der Waals surface area contributed by atoms with Crippen molar-refractivity contribution in [2.75, 3.05) is 5.73 Å². The molecule has 0 saturated carbocycles. The van der Waals surface area contributed by atoms with Gasteiger partial charge < -0.3 is 10.5 Å². The molecule has 0 atom stereocenters. The van der Waals surface area contributed by atoms with E-state index in [0.717, 1.165) is 12.0 Å².